The fourth-order valence-corrected chi connectivity index (χ4v) is 3.87. The lowest BCUT2D eigenvalue weighted by Gasteiger charge is -2.22. The zero-order valence-electron chi connectivity index (χ0n) is 15.2. The first-order valence-electron chi connectivity index (χ1n) is 8.56. The molecule has 142 valence electrons. The first-order chi connectivity index (χ1) is 11.5. The second-order valence-corrected chi connectivity index (χ2v) is 7.86. The smallest absolute Gasteiger partial charge is 0.211 e. The van der Waals surface area contributed by atoms with E-state index in [4.69, 9.17) is 4.99 Å². The van der Waals surface area contributed by atoms with Gasteiger partial charge in [-0.15, -0.1) is 24.0 Å². The maximum Gasteiger partial charge on any atom is 0.211 e. The number of hydrogen-bond acceptors (Lipinski definition) is 3. The van der Waals surface area contributed by atoms with E-state index in [1.54, 1.807) is 0 Å². The second-order valence-electron chi connectivity index (χ2n) is 5.87. The molecule has 1 N–H and O–H groups in total. The van der Waals surface area contributed by atoms with E-state index in [1.807, 2.05) is 13.0 Å². The summed E-state index contributed by atoms with van der Waals surface area (Å²) < 4.78 is 24.7. The number of nitrogens with zero attached hydrogens (tertiary/aromatic N) is 3. The van der Waals surface area contributed by atoms with E-state index >= 15 is 0 Å². The Bertz CT molecular complexity index is 679. The molecule has 0 radical (unpaired) electrons. The normalized spacial score (nSPS) is 14.4. The zero-order chi connectivity index (χ0) is 17.6. The highest BCUT2D eigenvalue weighted by Gasteiger charge is 2.22. The highest BCUT2D eigenvalue weighted by Crippen LogP contribution is 2.27. The summed E-state index contributed by atoms with van der Waals surface area (Å²) in [5.74, 6) is 0.879. The van der Waals surface area contributed by atoms with Gasteiger partial charge < -0.3 is 10.2 Å². The molecule has 0 fully saturated rings. The summed E-state index contributed by atoms with van der Waals surface area (Å²) in [6.45, 7) is 7.26. The van der Waals surface area contributed by atoms with Crippen LogP contribution in [0.2, 0.25) is 0 Å². The monoisotopic (exact) mass is 480 g/mol. The van der Waals surface area contributed by atoms with E-state index in [9.17, 15) is 8.42 Å². The van der Waals surface area contributed by atoms with Crippen LogP contribution in [0.4, 0.5) is 5.69 Å². The van der Waals surface area contributed by atoms with Crippen molar-refractivity contribution < 1.29 is 8.42 Å². The van der Waals surface area contributed by atoms with Crippen LogP contribution in [0, 0.1) is 0 Å². The molecule has 2 rings (SSSR count). The second kappa shape index (κ2) is 10.3. The summed E-state index contributed by atoms with van der Waals surface area (Å²) in [6, 6.07) is 8.39. The molecular formula is C17H29IN4O2S. The van der Waals surface area contributed by atoms with Gasteiger partial charge in [0.2, 0.25) is 10.0 Å². The number of benzene rings is 1. The van der Waals surface area contributed by atoms with Crippen molar-refractivity contribution in [2.75, 3.05) is 43.9 Å². The highest BCUT2D eigenvalue weighted by molar-refractivity contribution is 14.0. The number of aliphatic imine (C=N–C) groups is 1. The van der Waals surface area contributed by atoms with Crippen LogP contribution in [0.25, 0.3) is 0 Å². The molecule has 0 bridgehead atoms. The Hall–Kier alpha value is -0.870. The SMILES string of the molecule is CCNC(=NCCCN(CC)S(C)(=O)=O)N1CCc2ccccc21.I. The van der Waals surface area contributed by atoms with Crippen LogP contribution in [0.3, 0.4) is 0 Å². The van der Waals surface area contributed by atoms with Crippen LogP contribution in [0.1, 0.15) is 25.8 Å². The van der Waals surface area contributed by atoms with Crippen LogP contribution < -0.4 is 10.2 Å². The van der Waals surface area contributed by atoms with Crippen molar-refractivity contribution in [1.82, 2.24) is 9.62 Å². The van der Waals surface area contributed by atoms with Crippen LogP contribution in [0.5, 0.6) is 0 Å². The molecule has 1 aliphatic rings. The van der Waals surface area contributed by atoms with Crippen molar-refractivity contribution in [3.05, 3.63) is 29.8 Å². The summed E-state index contributed by atoms with van der Waals surface area (Å²) in [4.78, 5) is 6.91. The van der Waals surface area contributed by atoms with Gasteiger partial charge in [0.25, 0.3) is 0 Å². The third-order valence-electron chi connectivity index (χ3n) is 4.13. The summed E-state index contributed by atoms with van der Waals surface area (Å²) >= 11 is 0. The van der Waals surface area contributed by atoms with Gasteiger partial charge in [0.1, 0.15) is 0 Å². The average molecular weight is 480 g/mol. The molecule has 1 heterocycles. The number of anilines is 1. The van der Waals surface area contributed by atoms with Gasteiger partial charge in [-0.25, -0.2) is 12.7 Å². The minimum Gasteiger partial charge on any atom is -0.356 e. The molecule has 8 heteroatoms. The summed E-state index contributed by atoms with van der Waals surface area (Å²) in [7, 11) is -3.12. The molecule has 25 heavy (non-hydrogen) atoms. The molecular weight excluding hydrogens is 451 g/mol. The Morgan fingerprint density at radius 3 is 2.68 bits per heavy atom. The third-order valence-corrected chi connectivity index (χ3v) is 5.51. The highest BCUT2D eigenvalue weighted by atomic mass is 127. The number of sulfonamides is 1. The van der Waals surface area contributed by atoms with Crippen LogP contribution in [0.15, 0.2) is 29.3 Å². The molecule has 0 saturated heterocycles. The van der Waals surface area contributed by atoms with E-state index < -0.39 is 10.0 Å². The van der Waals surface area contributed by atoms with E-state index in [1.165, 1.54) is 21.8 Å². The Balaban J connectivity index is 0.00000312. The number of rotatable bonds is 7. The lowest BCUT2D eigenvalue weighted by molar-refractivity contribution is 0.427. The van der Waals surface area contributed by atoms with Gasteiger partial charge in [-0.3, -0.25) is 4.99 Å². The van der Waals surface area contributed by atoms with Crippen molar-refractivity contribution in [3.8, 4) is 0 Å². The number of halogens is 1. The van der Waals surface area contributed by atoms with Crippen molar-refractivity contribution in [3.63, 3.8) is 0 Å². The minimum absolute atomic E-state index is 0. The number of fused-ring (bicyclic) bond motifs is 1. The van der Waals surface area contributed by atoms with Crippen LogP contribution in [-0.4, -0.2) is 57.7 Å². The topological polar surface area (TPSA) is 65.0 Å². The fourth-order valence-electron chi connectivity index (χ4n) is 2.94. The molecule has 1 aliphatic heterocycles. The summed E-state index contributed by atoms with van der Waals surface area (Å²) in [5.41, 5.74) is 2.56. The lowest BCUT2D eigenvalue weighted by atomic mass is 10.2. The number of nitrogens with one attached hydrogen (secondary N) is 1. The van der Waals surface area contributed by atoms with Gasteiger partial charge in [0.15, 0.2) is 5.96 Å². The van der Waals surface area contributed by atoms with Gasteiger partial charge >= 0.3 is 0 Å². The Morgan fingerprint density at radius 1 is 1.32 bits per heavy atom. The maximum absolute atomic E-state index is 11.6. The van der Waals surface area contributed by atoms with Gasteiger partial charge in [-0.05, 0) is 31.4 Å². The predicted molar refractivity (Wildman–Crippen MR) is 116 cm³/mol. The van der Waals surface area contributed by atoms with Gasteiger partial charge in [0.05, 0.1) is 6.26 Å². The average Bonchev–Trinajstić information content (AvgIpc) is 2.96. The van der Waals surface area contributed by atoms with Gasteiger partial charge in [-0.1, -0.05) is 25.1 Å². The zero-order valence-corrected chi connectivity index (χ0v) is 18.4. The fraction of sp³-hybridized carbons (Fsp3) is 0.588. The quantitative estimate of drug-likeness (QED) is 0.282. The molecule has 1 aromatic carbocycles. The number of para-hydroxylation sites is 1. The largest absolute Gasteiger partial charge is 0.356 e. The third kappa shape index (κ3) is 6.10. The van der Waals surface area contributed by atoms with E-state index in [0.29, 0.717) is 26.1 Å². The van der Waals surface area contributed by atoms with E-state index in [-0.39, 0.29) is 24.0 Å². The van der Waals surface area contributed by atoms with Crippen molar-refractivity contribution in [2.45, 2.75) is 26.7 Å². The number of guanidine groups is 1. The molecule has 0 saturated carbocycles. The van der Waals surface area contributed by atoms with Crippen molar-refractivity contribution >= 4 is 45.6 Å². The van der Waals surface area contributed by atoms with Gasteiger partial charge in [0, 0.05) is 38.4 Å². The van der Waals surface area contributed by atoms with E-state index in [2.05, 4.69) is 35.3 Å². The standard InChI is InChI=1S/C17H28N4O2S.HI/c1-4-18-17(19-12-8-13-20(5-2)24(3,22)23)21-14-11-15-9-6-7-10-16(15)21;/h6-7,9-10H,4-5,8,11-14H2,1-3H3,(H,18,19);1H. The first kappa shape index (κ1) is 22.2. The molecule has 0 aliphatic carbocycles. The molecule has 0 aromatic heterocycles. The van der Waals surface area contributed by atoms with Crippen LogP contribution >= 0.6 is 24.0 Å². The van der Waals surface area contributed by atoms with Crippen molar-refractivity contribution in [1.29, 1.82) is 0 Å². The molecule has 1 aromatic rings. The van der Waals surface area contributed by atoms with Crippen molar-refractivity contribution in [2.24, 2.45) is 4.99 Å². The maximum atomic E-state index is 11.6. The Labute approximate surface area is 168 Å². The minimum atomic E-state index is -3.12. The summed E-state index contributed by atoms with van der Waals surface area (Å²) in [6.07, 6.45) is 2.99. The number of hydrogen-bond donors (Lipinski definition) is 1. The van der Waals surface area contributed by atoms with Gasteiger partial charge in [-0.2, -0.15) is 0 Å². The van der Waals surface area contributed by atoms with Crippen LogP contribution in [-0.2, 0) is 16.4 Å². The predicted octanol–water partition coefficient (Wildman–Crippen LogP) is 2.30. The molecule has 0 atom stereocenters. The van der Waals surface area contributed by atoms with E-state index in [0.717, 1.165) is 25.5 Å². The molecule has 0 amide bonds. The summed E-state index contributed by atoms with van der Waals surface area (Å²) in [5, 5.41) is 3.34. The molecule has 6 nitrogen and oxygen atoms in total. The first-order valence-corrected chi connectivity index (χ1v) is 10.4. The lowest BCUT2D eigenvalue weighted by Crippen LogP contribution is -2.40. The Morgan fingerprint density at radius 2 is 2.04 bits per heavy atom. The Kier molecular flexibility index (Phi) is 9.15. The molecule has 0 unspecified atom stereocenters. The molecule has 0 spiro atoms.